The Bertz CT molecular complexity index is 796. The highest BCUT2D eigenvalue weighted by Crippen LogP contribution is 2.29. The number of carbonyl (C=O) groups is 1. The molecule has 0 aliphatic heterocycles. The summed E-state index contributed by atoms with van der Waals surface area (Å²) in [4.78, 5) is 12.5. The van der Waals surface area contributed by atoms with E-state index in [1.807, 2.05) is 4.72 Å². The van der Waals surface area contributed by atoms with E-state index in [4.69, 9.17) is 5.11 Å². The van der Waals surface area contributed by atoms with Gasteiger partial charge in [-0.1, -0.05) is 0 Å². The molecule has 0 bridgehead atoms. The van der Waals surface area contributed by atoms with Gasteiger partial charge in [-0.15, -0.1) is 0 Å². The number of aromatic nitrogens is 1. The van der Waals surface area contributed by atoms with Crippen LogP contribution >= 0.6 is 15.9 Å². The quantitative estimate of drug-likeness (QED) is 0.758. The van der Waals surface area contributed by atoms with Crippen molar-refractivity contribution in [3.8, 4) is 0 Å². The Balaban J connectivity index is 2.40. The molecule has 6 nitrogen and oxygen atoms in total. The van der Waals surface area contributed by atoms with Gasteiger partial charge in [-0.05, 0) is 28.1 Å². The number of hydrogen-bond donors (Lipinski definition) is 3. The van der Waals surface area contributed by atoms with Gasteiger partial charge in [0.05, 0.1) is 5.69 Å². The lowest BCUT2D eigenvalue weighted by Gasteiger charge is -2.09. The van der Waals surface area contributed by atoms with E-state index >= 15 is 0 Å². The first-order chi connectivity index (χ1) is 9.70. The highest BCUT2D eigenvalue weighted by Gasteiger charge is 2.21. The lowest BCUT2D eigenvalue weighted by atomic mass is 10.3. The van der Waals surface area contributed by atoms with Crippen molar-refractivity contribution in [1.29, 1.82) is 0 Å². The van der Waals surface area contributed by atoms with Crippen LogP contribution in [0.1, 0.15) is 10.5 Å². The topological polar surface area (TPSA) is 99.3 Å². The van der Waals surface area contributed by atoms with E-state index in [1.54, 1.807) is 0 Å². The van der Waals surface area contributed by atoms with Crippen LogP contribution in [0.5, 0.6) is 0 Å². The molecule has 0 unspecified atom stereocenters. The van der Waals surface area contributed by atoms with E-state index in [1.165, 1.54) is 0 Å². The molecular weight excluding hydrogens is 374 g/mol. The number of H-pyrrole nitrogens is 1. The molecule has 1 heterocycles. The molecule has 0 amide bonds. The zero-order valence-electron chi connectivity index (χ0n) is 10.0. The summed E-state index contributed by atoms with van der Waals surface area (Å²) in [7, 11) is -4.22. The van der Waals surface area contributed by atoms with Gasteiger partial charge in [0.25, 0.3) is 10.0 Å². The standard InChI is InChI=1S/C11H7BrF2N2O4S/c12-7-1-5(13)2-8(14)10(7)16-21(19,20)6-3-9(11(17)18)15-4-6/h1-4,15-16H,(H,17,18). The fourth-order valence-corrected chi connectivity index (χ4v) is 3.21. The van der Waals surface area contributed by atoms with Crippen LogP contribution in [0.25, 0.3) is 0 Å². The van der Waals surface area contributed by atoms with Crippen molar-refractivity contribution in [3.05, 3.63) is 46.2 Å². The molecule has 112 valence electrons. The van der Waals surface area contributed by atoms with Gasteiger partial charge in [0.15, 0.2) is 5.82 Å². The molecule has 0 radical (unpaired) electrons. The maximum Gasteiger partial charge on any atom is 0.352 e. The van der Waals surface area contributed by atoms with Crippen LogP contribution in [-0.4, -0.2) is 24.5 Å². The molecule has 1 aromatic heterocycles. The average Bonchev–Trinajstić information content (AvgIpc) is 2.84. The molecule has 3 N–H and O–H groups in total. The lowest BCUT2D eigenvalue weighted by molar-refractivity contribution is 0.0691. The molecule has 0 saturated heterocycles. The van der Waals surface area contributed by atoms with Crippen molar-refractivity contribution in [1.82, 2.24) is 4.98 Å². The van der Waals surface area contributed by atoms with Crippen LogP contribution in [0.3, 0.4) is 0 Å². The summed E-state index contributed by atoms with van der Waals surface area (Å²) in [5.41, 5.74) is -0.816. The van der Waals surface area contributed by atoms with Gasteiger partial charge in [0.2, 0.25) is 0 Å². The van der Waals surface area contributed by atoms with Gasteiger partial charge in [0, 0.05) is 16.7 Å². The van der Waals surface area contributed by atoms with Crippen LogP contribution in [-0.2, 0) is 10.0 Å². The summed E-state index contributed by atoms with van der Waals surface area (Å²) in [6, 6.07) is 2.28. The summed E-state index contributed by atoms with van der Waals surface area (Å²) >= 11 is 2.84. The monoisotopic (exact) mass is 380 g/mol. The predicted molar refractivity (Wildman–Crippen MR) is 72.6 cm³/mol. The molecule has 21 heavy (non-hydrogen) atoms. The first-order valence-corrected chi connectivity index (χ1v) is 7.57. The van der Waals surface area contributed by atoms with Crippen molar-refractivity contribution in [2.45, 2.75) is 4.90 Å². The van der Waals surface area contributed by atoms with E-state index in [9.17, 15) is 22.0 Å². The highest BCUT2D eigenvalue weighted by atomic mass is 79.9. The average molecular weight is 381 g/mol. The van der Waals surface area contributed by atoms with Crippen molar-refractivity contribution in [2.75, 3.05) is 4.72 Å². The van der Waals surface area contributed by atoms with Crippen molar-refractivity contribution in [2.24, 2.45) is 0 Å². The Kier molecular flexibility index (Phi) is 4.01. The second kappa shape index (κ2) is 5.45. The summed E-state index contributed by atoms with van der Waals surface area (Å²) < 4.78 is 52.4. The van der Waals surface area contributed by atoms with Crippen LogP contribution in [0.4, 0.5) is 14.5 Å². The Morgan fingerprint density at radius 3 is 2.48 bits per heavy atom. The number of anilines is 1. The summed E-state index contributed by atoms with van der Waals surface area (Å²) in [5.74, 6) is -3.33. The van der Waals surface area contributed by atoms with E-state index in [-0.39, 0.29) is 10.2 Å². The zero-order valence-corrected chi connectivity index (χ0v) is 12.4. The predicted octanol–water partition coefficient (Wildman–Crippen LogP) is 2.55. The minimum atomic E-state index is -4.22. The van der Waals surface area contributed by atoms with Crippen molar-refractivity contribution < 1.29 is 27.1 Å². The third-order valence-electron chi connectivity index (χ3n) is 2.44. The van der Waals surface area contributed by atoms with Gasteiger partial charge < -0.3 is 10.1 Å². The van der Waals surface area contributed by atoms with Crippen molar-refractivity contribution in [3.63, 3.8) is 0 Å². The first-order valence-electron chi connectivity index (χ1n) is 5.30. The molecule has 10 heteroatoms. The smallest absolute Gasteiger partial charge is 0.352 e. The molecule has 0 saturated carbocycles. The van der Waals surface area contributed by atoms with E-state index in [0.29, 0.717) is 6.07 Å². The van der Waals surface area contributed by atoms with Gasteiger partial charge in [0.1, 0.15) is 16.4 Å². The molecule has 1 aromatic carbocycles. The SMILES string of the molecule is O=C(O)c1cc(S(=O)(=O)Nc2c(F)cc(F)cc2Br)c[nH]1. The lowest BCUT2D eigenvalue weighted by Crippen LogP contribution is -2.14. The number of aromatic amines is 1. The molecule has 0 spiro atoms. The largest absolute Gasteiger partial charge is 0.477 e. The molecule has 2 rings (SSSR count). The second-order valence-electron chi connectivity index (χ2n) is 3.90. The Labute approximate surface area is 126 Å². The van der Waals surface area contributed by atoms with E-state index in [0.717, 1.165) is 18.3 Å². The number of carboxylic acids is 1. The van der Waals surface area contributed by atoms with E-state index < -0.39 is 38.2 Å². The molecule has 0 aliphatic carbocycles. The van der Waals surface area contributed by atoms with Crippen LogP contribution in [0.2, 0.25) is 0 Å². The number of sulfonamides is 1. The normalized spacial score (nSPS) is 11.4. The minimum absolute atomic E-state index is 0.127. The summed E-state index contributed by atoms with van der Waals surface area (Å²) in [6.07, 6.45) is 0.946. The number of aromatic carboxylic acids is 1. The third-order valence-corrected chi connectivity index (χ3v) is 4.40. The van der Waals surface area contributed by atoms with Gasteiger partial charge in [-0.2, -0.15) is 0 Å². The van der Waals surface area contributed by atoms with Gasteiger partial charge >= 0.3 is 5.97 Å². The fraction of sp³-hybridized carbons (Fsp3) is 0. The first kappa shape index (κ1) is 15.4. The zero-order chi connectivity index (χ0) is 15.8. The molecule has 0 aliphatic rings. The Hall–Kier alpha value is -1.94. The maximum absolute atomic E-state index is 13.6. The fourth-order valence-electron chi connectivity index (χ4n) is 1.49. The number of benzene rings is 1. The molecular formula is C11H7BrF2N2O4S. The minimum Gasteiger partial charge on any atom is -0.477 e. The second-order valence-corrected chi connectivity index (χ2v) is 6.44. The Morgan fingerprint density at radius 2 is 1.95 bits per heavy atom. The molecule has 2 aromatic rings. The van der Waals surface area contributed by atoms with Crippen LogP contribution < -0.4 is 4.72 Å². The van der Waals surface area contributed by atoms with Gasteiger partial charge in [-0.3, -0.25) is 4.72 Å². The number of halogens is 3. The number of hydrogen-bond acceptors (Lipinski definition) is 3. The maximum atomic E-state index is 13.6. The van der Waals surface area contributed by atoms with Crippen molar-refractivity contribution >= 4 is 37.6 Å². The van der Waals surface area contributed by atoms with Crippen LogP contribution in [0, 0.1) is 11.6 Å². The van der Waals surface area contributed by atoms with E-state index in [2.05, 4.69) is 20.9 Å². The summed E-state index contributed by atoms with van der Waals surface area (Å²) in [5, 5.41) is 8.72. The summed E-state index contributed by atoms with van der Waals surface area (Å²) in [6.45, 7) is 0. The van der Waals surface area contributed by atoms with Gasteiger partial charge in [-0.25, -0.2) is 22.0 Å². The highest BCUT2D eigenvalue weighted by molar-refractivity contribution is 9.10. The molecule has 0 fully saturated rings. The Morgan fingerprint density at radius 1 is 1.29 bits per heavy atom. The third kappa shape index (κ3) is 3.22. The number of nitrogens with one attached hydrogen (secondary N) is 2. The molecule has 0 atom stereocenters. The number of rotatable bonds is 4. The number of carboxylic acid groups (broad SMARTS) is 1. The van der Waals surface area contributed by atoms with Crippen LogP contribution in [0.15, 0.2) is 33.8 Å².